The topological polar surface area (TPSA) is 127 Å². The Kier molecular flexibility index (Phi) is 3.82. The van der Waals surface area contributed by atoms with E-state index in [2.05, 4.69) is 5.32 Å². The number of rotatable bonds is 3. The Balaban J connectivity index is 1.99. The number of ketones is 2. The van der Waals surface area contributed by atoms with Gasteiger partial charge in [0.1, 0.15) is 17.1 Å². The second kappa shape index (κ2) is 6.20. The highest BCUT2D eigenvalue weighted by molar-refractivity contribution is 6.33. The number of para-hydroxylation sites is 1. The lowest BCUT2D eigenvalue weighted by Gasteiger charge is -2.21. The number of benzene rings is 3. The standard InChI is InChI=1S/C20H12N2O6/c23-13-8-6-11(21-10-4-2-1-3-5-10)15-17(13)20(26)18-14(24)9-7-12(22(27)28)16(18)19(15)25/h1-9H,(H3-,21,23,24,25,26,27,28)/p+1. The average molecular weight is 377 g/mol. The third-order valence-corrected chi connectivity index (χ3v) is 4.51. The summed E-state index contributed by atoms with van der Waals surface area (Å²) in [5.74, 6) is -2.60. The highest BCUT2D eigenvalue weighted by Crippen LogP contribution is 2.43. The van der Waals surface area contributed by atoms with Gasteiger partial charge in [-0.05, 0) is 30.3 Å². The summed E-state index contributed by atoms with van der Waals surface area (Å²) >= 11 is 0. The maximum Gasteiger partial charge on any atom is 0.328 e. The number of fused-ring (bicyclic) bond motifs is 2. The molecule has 0 amide bonds. The Morgan fingerprint density at radius 1 is 0.714 bits per heavy atom. The number of hydrogen-bond acceptors (Lipinski definition) is 6. The van der Waals surface area contributed by atoms with E-state index in [4.69, 9.17) is 0 Å². The Bertz CT molecular complexity index is 1170. The second-order valence-electron chi connectivity index (χ2n) is 6.16. The van der Waals surface area contributed by atoms with Gasteiger partial charge in [-0.3, -0.25) is 9.59 Å². The summed E-state index contributed by atoms with van der Waals surface area (Å²) in [6, 6.07) is 13.6. The van der Waals surface area contributed by atoms with Gasteiger partial charge in [-0.2, -0.15) is 0 Å². The zero-order valence-corrected chi connectivity index (χ0v) is 14.2. The third kappa shape index (κ3) is 2.47. The summed E-state index contributed by atoms with van der Waals surface area (Å²) in [5.41, 5.74) is -0.950. The SMILES string of the molecule is O=C1c2c(O)ccc(Nc3ccccc3)c2C(=O)c2c([N+](=O)O)ccc(O)c21. The van der Waals surface area contributed by atoms with Crippen molar-refractivity contribution >= 4 is 28.6 Å². The molecule has 0 unspecified atom stereocenters. The van der Waals surface area contributed by atoms with Crippen molar-refractivity contribution in [2.24, 2.45) is 0 Å². The van der Waals surface area contributed by atoms with Gasteiger partial charge in [0.25, 0.3) is 4.92 Å². The summed E-state index contributed by atoms with van der Waals surface area (Å²) in [6.07, 6.45) is 0. The van der Waals surface area contributed by atoms with Gasteiger partial charge in [0.2, 0.25) is 11.6 Å². The van der Waals surface area contributed by atoms with Gasteiger partial charge in [-0.25, -0.2) is 5.21 Å². The number of hydrogen-bond donors (Lipinski definition) is 4. The van der Waals surface area contributed by atoms with Crippen molar-refractivity contribution < 1.29 is 29.9 Å². The largest absolute Gasteiger partial charge is 0.507 e. The van der Waals surface area contributed by atoms with Gasteiger partial charge in [0, 0.05) is 11.8 Å². The van der Waals surface area contributed by atoms with Crippen molar-refractivity contribution in [2.45, 2.75) is 0 Å². The first-order valence-corrected chi connectivity index (χ1v) is 8.19. The normalized spacial score (nSPS) is 12.3. The van der Waals surface area contributed by atoms with E-state index in [9.17, 15) is 29.9 Å². The average Bonchev–Trinajstić information content (AvgIpc) is 2.67. The molecule has 0 atom stereocenters. The number of aromatic hydroxyl groups is 2. The molecule has 0 fully saturated rings. The molecule has 0 radical (unpaired) electrons. The molecule has 0 heterocycles. The Morgan fingerprint density at radius 3 is 1.93 bits per heavy atom. The number of phenolic OH excluding ortho intramolecular Hbond substituents is 2. The highest BCUT2D eigenvalue weighted by atomic mass is 16.6. The van der Waals surface area contributed by atoms with Crippen molar-refractivity contribution in [3.8, 4) is 11.5 Å². The van der Waals surface area contributed by atoms with E-state index in [1.165, 1.54) is 12.1 Å². The van der Waals surface area contributed by atoms with Crippen LogP contribution >= 0.6 is 0 Å². The van der Waals surface area contributed by atoms with Gasteiger partial charge in [0.15, 0.2) is 0 Å². The first-order chi connectivity index (χ1) is 13.4. The van der Waals surface area contributed by atoms with Crippen LogP contribution in [0.3, 0.4) is 0 Å². The van der Waals surface area contributed by atoms with Crippen molar-refractivity contribution in [1.29, 1.82) is 0 Å². The molecule has 0 aromatic heterocycles. The third-order valence-electron chi connectivity index (χ3n) is 4.51. The van der Waals surface area contributed by atoms with Crippen molar-refractivity contribution in [3.63, 3.8) is 0 Å². The molecule has 138 valence electrons. The van der Waals surface area contributed by atoms with Crippen LogP contribution in [0.1, 0.15) is 31.8 Å². The van der Waals surface area contributed by atoms with Gasteiger partial charge in [-0.1, -0.05) is 18.2 Å². The fourth-order valence-electron chi connectivity index (χ4n) is 3.29. The predicted molar refractivity (Wildman–Crippen MR) is 97.9 cm³/mol. The van der Waals surface area contributed by atoms with E-state index in [0.717, 1.165) is 12.1 Å². The van der Waals surface area contributed by atoms with Crippen LogP contribution in [0.4, 0.5) is 17.1 Å². The summed E-state index contributed by atoms with van der Waals surface area (Å²) in [4.78, 5) is 37.1. The van der Waals surface area contributed by atoms with Gasteiger partial charge < -0.3 is 15.5 Å². The van der Waals surface area contributed by atoms with Crippen LogP contribution < -0.4 is 5.32 Å². The zero-order chi connectivity index (χ0) is 20.0. The number of carbonyl (C=O) groups excluding carboxylic acids is 2. The van der Waals surface area contributed by atoms with E-state index in [-0.39, 0.29) is 16.8 Å². The molecule has 3 aromatic carbocycles. The van der Waals surface area contributed by atoms with Gasteiger partial charge in [-0.15, -0.1) is 0 Å². The molecule has 0 saturated heterocycles. The number of anilines is 2. The molecular weight excluding hydrogens is 364 g/mol. The Labute approximate surface area is 157 Å². The molecule has 4 N–H and O–H groups in total. The van der Waals surface area contributed by atoms with E-state index in [1.54, 1.807) is 24.3 Å². The van der Waals surface area contributed by atoms with Crippen molar-refractivity contribution in [1.82, 2.24) is 0 Å². The second-order valence-corrected chi connectivity index (χ2v) is 6.16. The van der Waals surface area contributed by atoms with Gasteiger partial charge >= 0.3 is 5.69 Å². The van der Waals surface area contributed by atoms with Crippen molar-refractivity contribution in [3.05, 3.63) is 81.8 Å². The molecular formula is C20H13N2O6+. The lowest BCUT2D eigenvalue weighted by Crippen LogP contribution is -2.24. The molecule has 4 rings (SSSR count). The van der Waals surface area contributed by atoms with Crippen LogP contribution in [0.2, 0.25) is 0 Å². The highest BCUT2D eigenvalue weighted by Gasteiger charge is 2.41. The van der Waals surface area contributed by atoms with Crippen LogP contribution in [-0.2, 0) is 0 Å². The van der Waals surface area contributed by atoms with Crippen LogP contribution in [-0.4, -0.2) is 31.9 Å². The maximum absolute atomic E-state index is 13.2. The smallest absolute Gasteiger partial charge is 0.328 e. The monoisotopic (exact) mass is 377 g/mol. The molecule has 0 spiro atoms. The fourth-order valence-corrected chi connectivity index (χ4v) is 3.29. The van der Waals surface area contributed by atoms with Gasteiger partial charge in [0.05, 0.1) is 27.3 Å². The lowest BCUT2D eigenvalue weighted by molar-refractivity contribution is -0.729. The van der Waals surface area contributed by atoms with Crippen LogP contribution in [0.15, 0.2) is 54.6 Å². The number of nitrogens with one attached hydrogen (secondary N) is 1. The molecule has 8 heteroatoms. The number of nitrogens with zero attached hydrogens (tertiary/aromatic N) is 1. The number of carbonyl (C=O) groups is 2. The molecule has 1 aliphatic carbocycles. The minimum atomic E-state index is -0.833. The van der Waals surface area contributed by atoms with Crippen molar-refractivity contribution in [2.75, 3.05) is 5.32 Å². The first-order valence-electron chi connectivity index (χ1n) is 8.19. The molecule has 3 aromatic rings. The Hall–Kier alpha value is -4.20. The molecule has 1 aliphatic rings. The summed E-state index contributed by atoms with van der Waals surface area (Å²) in [6.45, 7) is 0. The maximum atomic E-state index is 13.2. The molecule has 0 saturated carbocycles. The molecule has 8 nitrogen and oxygen atoms in total. The quantitative estimate of drug-likeness (QED) is 0.318. The minimum Gasteiger partial charge on any atom is -0.507 e. The van der Waals surface area contributed by atoms with Crippen LogP contribution in [0.5, 0.6) is 11.5 Å². The summed E-state index contributed by atoms with van der Waals surface area (Å²) in [5, 5.41) is 32.7. The molecule has 28 heavy (non-hydrogen) atoms. The number of phenols is 2. The minimum absolute atomic E-state index is 0.157. The predicted octanol–water partition coefficient (Wildman–Crippen LogP) is 3.42. The lowest BCUT2D eigenvalue weighted by atomic mass is 9.81. The molecule has 0 bridgehead atoms. The van der Waals surface area contributed by atoms with Crippen LogP contribution in [0, 0.1) is 4.91 Å². The summed E-state index contributed by atoms with van der Waals surface area (Å²) < 4.78 is 0. The fraction of sp³-hybridized carbons (Fsp3) is 0. The van der Waals surface area contributed by atoms with E-state index >= 15 is 0 Å². The van der Waals surface area contributed by atoms with E-state index in [0.29, 0.717) is 5.69 Å². The Morgan fingerprint density at radius 2 is 1.29 bits per heavy atom. The summed E-state index contributed by atoms with van der Waals surface area (Å²) in [7, 11) is 0. The molecule has 0 aliphatic heterocycles. The van der Waals surface area contributed by atoms with E-state index < -0.39 is 44.8 Å². The van der Waals surface area contributed by atoms with E-state index in [1.807, 2.05) is 6.07 Å². The van der Waals surface area contributed by atoms with Crippen LogP contribution in [0.25, 0.3) is 0 Å². The first kappa shape index (κ1) is 17.2. The zero-order valence-electron chi connectivity index (χ0n) is 14.2.